The van der Waals surface area contributed by atoms with Crippen LogP contribution in [0.15, 0.2) is 0 Å². The van der Waals surface area contributed by atoms with Crippen LogP contribution in [0.5, 0.6) is 0 Å². The van der Waals surface area contributed by atoms with Gasteiger partial charge in [0.1, 0.15) is 0 Å². The van der Waals surface area contributed by atoms with E-state index in [0.717, 1.165) is 38.5 Å². The molecule has 0 aromatic carbocycles. The third-order valence-electron chi connectivity index (χ3n) is 4.43. The van der Waals surface area contributed by atoms with E-state index >= 15 is 0 Å². The molecule has 0 rings (SSSR count). The first-order chi connectivity index (χ1) is 9.57. The second-order valence-electron chi connectivity index (χ2n) is 5.26. The molecule has 0 bridgehead atoms. The molecule has 0 N–H and O–H groups in total. The van der Waals surface area contributed by atoms with Gasteiger partial charge in [0.15, 0.2) is 11.6 Å². The minimum atomic E-state index is -0.397. The first-order valence-corrected chi connectivity index (χ1v) is 7.78. The van der Waals surface area contributed by atoms with Crippen LogP contribution in [-0.4, -0.2) is 40.0 Å². The van der Waals surface area contributed by atoms with E-state index in [1.165, 1.54) is 12.8 Å². The summed E-state index contributed by atoms with van der Waals surface area (Å²) in [6.07, 6.45) is 8.26. The molecule has 0 heterocycles. The van der Waals surface area contributed by atoms with Gasteiger partial charge in [-0.1, -0.05) is 26.7 Å². The topological polar surface area (TPSA) is 36.9 Å². The largest absolute Gasteiger partial charge is 0.353 e. The summed E-state index contributed by atoms with van der Waals surface area (Å²) in [5, 5.41) is 0. The summed E-state index contributed by atoms with van der Waals surface area (Å²) >= 11 is 0. The summed E-state index contributed by atoms with van der Waals surface area (Å²) in [4.78, 5) is 0. The Kier molecular flexibility index (Phi) is 10.5. The molecular formula is C16H34O4. The average Bonchev–Trinajstić information content (AvgIpc) is 2.52. The van der Waals surface area contributed by atoms with Crippen molar-refractivity contribution in [1.29, 1.82) is 0 Å². The quantitative estimate of drug-likeness (QED) is 0.377. The van der Waals surface area contributed by atoms with E-state index in [1.54, 1.807) is 28.4 Å². The molecule has 0 aromatic heterocycles. The summed E-state index contributed by atoms with van der Waals surface area (Å²) < 4.78 is 21.9. The summed E-state index contributed by atoms with van der Waals surface area (Å²) in [5.41, 5.74) is 0. The van der Waals surface area contributed by atoms with Gasteiger partial charge >= 0.3 is 0 Å². The molecule has 4 nitrogen and oxygen atoms in total. The molecule has 0 radical (unpaired) electrons. The second kappa shape index (κ2) is 10.6. The van der Waals surface area contributed by atoms with Crippen LogP contribution in [0.3, 0.4) is 0 Å². The van der Waals surface area contributed by atoms with Crippen molar-refractivity contribution in [3.8, 4) is 0 Å². The van der Waals surface area contributed by atoms with Gasteiger partial charge in [0.2, 0.25) is 0 Å². The maximum Gasteiger partial charge on any atom is 0.167 e. The summed E-state index contributed by atoms with van der Waals surface area (Å²) in [6.45, 7) is 4.19. The van der Waals surface area contributed by atoms with Crippen LogP contribution >= 0.6 is 0 Å². The zero-order valence-electron chi connectivity index (χ0n) is 14.3. The van der Waals surface area contributed by atoms with Gasteiger partial charge in [0, 0.05) is 41.3 Å². The smallest absolute Gasteiger partial charge is 0.167 e. The lowest BCUT2D eigenvalue weighted by Crippen LogP contribution is -2.33. The number of hydrogen-bond acceptors (Lipinski definition) is 4. The van der Waals surface area contributed by atoms with Gasteiger partial charge in [-0.2, -0.15) is 0 Å². The molecule has 0 saturated heterocycles. The van der Waals surface area contributed by atoms with Crippen LogP contribution in [0.1, 0.15) is 65.2 Å². The Morgan fingerprint density at radius 1 is 0.550 bits per heavy atom. The molecule has 0 atom stereocenters. The van der Waals surface area contributed by atoms with Crippen LogP contribution in [0.25, 0.3) is 0 Å². The Morgan fingerprint density at radius 3 is 1.05 bits per heavy atom. The highest BCUT2D eigenvalue weighted by atomic mass is 16.7. The van der Waals surface area contributed by atoms with Gasteiger partial charge in [0.25, 0.3) is 0 Å². The van der Waals surface area contributed by atoms with Crippen LogP contribution in [0.2, 0.25) is 0 Å². The molecule has 0 saturated carbocycles. The fraction of sp³-hybridized carbons (Fsp3) is 1.00. The van der Waals surface area contributed by atoms with Crippen LogP contribution < -0.4 is 0 Å². The van der Waals surface area contributed by atoms with Crippen LogP contribution in [0, 0.1) is 0 Å². The molecule has 0 unspecified atom stereocenters. The minimum Gasteiger partial charge on any atom is -0.353 e. The summed E-state index contributed by atoms with van der Waals surface area (Å²) in [7, 11) is 6.89. The van der Waals surface area contributed by atoms with Crippen molar-refractivity contribution in [2.45, 2.75) is 76.8 Å². The van der Waals surface area contributed by atoms with Crippen molar-refractivity contribution in [3.05, 3.63) is 0 Å². The highest BCUT2D eigenvalue weighted by molar-refractivity contribution is 4.69. The fourth-order valence-electron chi connectivity index (χ4n) is 2.65. The number of hydrogen-bond donors (Lipinski definition) is 0. The Hall–Kier alpha value is -0.160. The Labute approximate surface area is 125 Å². The lowest BCUT2D eigenvalue weighted by Gasteiger charge is -2.30. The number of rotatable bonds is 13. The molecule has 0 aromatic rings. The predicted molar refractivity (Wildman–Crippen MR) is 81.8 cm³/mol. The van der Waals surface area contributed by atoms with E-state index in [-0.39, 0.29) is 0 Å². The van der Waals surface area contributed by atoms with E-state index in [4.69, 9.17) is 18.9 Å². The lowest BCUT2D eigenvalue weighted by atomic mass is 10.0. The van der Waals surface area contributed by atoms with Gasteiger partial charge in [-0.25, -0.2) is 0 Å². The minimum absolute atomic E-state index is 0.397. The maximum absolute atomic E-state index is 5.49. The first kappa shape index (κ1) is 19.8. The monoisotopic (exact) mass is 290 g/mol. The molecular weight excluding hydrogens is 256 g/mol. The number of unbranched alkanes of at least 4 members (excludes halogenated alkanes) is 3. The maximum atomic E-state index is 5.49. The van der Waals surface area contributed by atoms with E-state index in [1.807, 2.05) is 0 Å². The highest BCUT2D eigenvalue weighted by Gasteiger charge is 2.27. The van der Waals surface area contributed by atoms with Crippen LogP contribution in [0.4, 0.5) is 0 Å². The van der Waals surface area contributed by atoms with Crippen LogP contribution in [-0.2, 0) is 18.9 Å². The lowest BCUT2D eigenvalue weighted by molar-refractivity contribution is -0.214. The van der Waals surface area contributed by atoms with E-state index in [0.29, 0.717) is 0 Å². The average molecular weight is 290 g/mol. The van der Waals surface area contributed by atoms with E-state index in [9.17, 15) is 0 Å². The fourth-order valence-corrected chi connectivity index (χ4v) is 2.65. The standard InChI is InChI=1S/C16H34O4/c1-7-15(17-3,18-4)13-11-9-10-12-14-16(8-2,19-5)20-6/h7-14H2,1-6H3. The predicted octanol–water partition coefficient (Wildman–Crippen LogP) is 4.13. The summed E-state index contributed by atoms with van der Waals surface area (Å²) in [5.74, 6) is -0.793. The Balaban J connectivity index is 3.87. The molecule has 4 heteroatoms. The third kappa shape index (κ3) is 6.08. The van der Waals surface area contributed by atoms with E-state index < -0.39 is 11.6 Å². The van der Waals surface area contributed by atoms with Crippen molar-refractivity contribution in [2.75, 3.05) is 28.4 Å². The molecule has 0 aliphatic carbocycles. The van der Waals surface area contributed by atoms with Crippen molar-refractivity contribution in [1.82, 2.24) is 0 Å². The van der Waals surface area contributed by atoms with Crippen molar-refractivity contribution < 1.29 is 18.9 Å². The number of methoxy groups -OCH3 is 4. The summed E-state index contributed by atoms with van der Waals surface area (Å²) in [6, 6.07) is 0. The molecule has 0 amide bonds. The second-order valence-corrected chi connectivity index (χ2v) is 5.26. The van der Waals surface area contributed by atoms with E-state index in [2.05, 4.69) is 13.8 Å². The first-order valence-electron chi connectivity index (χ1n) is 7.78. The molecule has 0 aliphatic rings. The van der Waals surface area contributed by atoms with Gasteiger partial charge < -0.3 is 18.9 Å². The zero-order chi connectivity index (χ0) is 15.5. The van der Waals surface area contributed by atoms with Crippen molar-refractivity contribution in [2.24, 2.45) is 0 Å². The molecule has 0 fully saturated rings. The van der Waals surface area contributed by atoms with Gasteiger partial charge in [-0.05, 0) is 25.7 Å². The molecule has 0 spiro atoms. The molecule has 122 valence electrons. The Bertz CT molecular complexity index is 182. The highest BCUT2D eigenvalue weighted by Crippen LogP contribution is 2.26. The van der Waals surface area contributed by atoms with Crippen molar-refractivity contribution in [3.63, 3.8) is 0 Å². The SMILES string of the molecule is CCC(CCCCCCC(CC)(OC)OC)(OC)OC. The van der Waals surface area contributed by atoms with Gasteiger partial charge in [0.05, 0.1) is 0 Å². The Morgan fingerprint density at radius 2 is 0.850 bits per heavy atom. The van der Waals surface area contributed by atoms with Gasteiger partial charge in [-0.3, -0.25) is 0 Å². The molecule has 20 heavy (non-hydrogen) atoms. The zero-order valence-corrected chi connectivity index (χ0v) is 14.3. The van der Waals surface area contributed by atoms with Gasteiger partial charge in [-0.15, -0.1) is 0 Å². The van der Waals surface area contributed by atoms with Crippen molar-refractivity contribution >= 4 is 0 Å². The molecule has 0 aliphatic heterocycles. The normalized spacial score (nSPS) is 12.9. The third-order valence-corrected chi connectivity index (χ3v) is 4.43. The number of ether oxygens (including phenoxy) is 4.